The summed E-state index contributed by atoms with van der Waals surface area (Å²) in [7, 11) is 1.50. The number of rotatable bonds is 10. The zero-order chi connectivity index (χ0) is 38.1. The van der Waals surface area contributed by atoms with Crippen molar-refractivity contribution in [3.8, 4) is 17.1 Å². The monoisotopic (exact) mass is 736 g/mol. The fourth-order valence-corrected chi connectivity index (χ4v) is 9.00. The average molecular weight is 737 g/mol. The van der Waals surface area contributed by atoms with Crippen LogP contribution in [0.2, 0.25) is 0 Å². The molecule has 11 nitrogen and oxygen atoms in total. The van der Waals surface area contributed by atoms with Gasteiger partial charge in [-0.2, -0.15) is 0 Å². The van der Waals surface area contributed by atoms with Crippen LogP contribution in [0.5, 0.6) is 5.75 Å². The Morgan fingerprint density at radius 2 is 1.96 bits per heavy atom. The van der Waals surface area contributed by atoms with Gasteiger partial charge in [-0.3, -0.25) is 19.1 Å². The fraction of sp³-hybridized carbons (Fsp3) is 0.500. The van der Waals surface area contributed by atoms with Gasteiger partial charge in [-0.05, 0) is 104 Å². The Hall–Kier alpha value is -4.84. The second kappa shape index (κ2) is 15.5. The molecule has 2 aromatic carbocycles. The summed E-state index contributed by atoms with van der Waals surface area (Å²) in [5, 5.41) is 4.12. The maximum absolute atomic E-state index is 14.9. The molecule has 1 saturated heterocycles. The number of carbonyl (C=O) groups is 1. The number of aromatic nitrogens is 3. The van der Waals surface area contributed by atoms with Crippen molar-refractivity contribution in [3.63, 3.8) is 0 Å². The minimum atomic E-state index is -0.385. The smallest absolute Gasteiger partial charge is 0.261 e. The van der Waals surface area contributed by atoms with Gasteiger partial charge in [0.05, 0.1) is 24.1 Å². The number of fused-ring (bicyclic) bond motifs is 3. The first kappa shape index (κ1) is 37.5. The average Bonchev–Trinajstić information content (AvgIpc) is 3.17. The van der Waals surface area contributed by atoms with E-state index in [-0.39, 0.29) is 35.9 Å². The maximum atomic E-state index is 14.9. The largest absolute Gasteiger partial charge is 0.497 e. The number of nitrogens with zero attached hydrogens (tertiary/aromatic N) is 6. The molecule has 2 bridgehead atoms. The van der Waals surface area contributed by atoms with Gasteiger partial charge in [0, 0.05) is 68.4 Å². The summed E-state index contributed by atoms with van der Waals surface area (Å²) >= 11 is 0. The predicted octanol–water partition coefficient (Wildman–Crippen LogP) is 5.96. The molecule has 3 saturated carbocycles. The number of pyridine rings is 1. The van der Waals surface area contributed by atoms with Crippen molar-refractivity contribution in [3.05, 3.63) is 82.7 Å². The van der Waals surface area contributed by atoms with Gasteiger partial charge in [0.1, 0.15) is 17.4 Å². The molecule has 0 unspecified atom stereocenters. The first-order chi connectivity index (χ1) is 26.0. The second-order valence-electron chi connectivity index (χ2n) is 15.9. The number of aliphatic imine (C=N–C) groups is 1. The Morgan fingerprint density at radius 3 is 2.65 bits per heavy atom. The Morgan fingerprint density at radius 1 is 1.13 bits per heavy atom. The van der Waals surface area contributed by atoms with Crippen molar-refractivity contribution in [2.45, 2.75) is 78.4 Å². The Labute approximate surface area is 316 Å². The molecule has 1 amide bonds. The maximum Gasteiger partial charge on any atom is 0.261 e. The van der Waals surface area contributed by atoms with E-state index in [1.807, 2.05) is 29.2 Å². The van der Waals surface area contributed by atoms with Gasteiger partial charge in [0.2, 0.25) is 5.91 Å². The molecule has 4 fully saturated rings. The minimum absolute atomic E-state index is 0.0114. The van der Waals surface area contributed by atoms with Crippen LogP contribution in [0.15, 0.2) is 70.7 Å². The molecule has 5 atom stereocenters. The third-order valence-electron chi connectivity index (χ3n) is 12.4. The van der Waals surface area contributed by atoms with Gasteiger partial charge in [-0.15, -0.1) is 0 Å². The van der Waals surface area contributed by atoms with E-state index < -0.39 is 0 Å². The standard InChI is InChI=1S/C42H53FN8O3/c1-26-25-49(18-19-50(26)38(52)9-6-15-44)41(48-36-21-30-20-34(27(36)2)42(30,3)4)46-31-11-13-33-37(22-31)47-39(29-8-7-16-45-24-29)51(40(33)53)17-14-28-10-12-32(54-5)23-35(28)43/h7-8,10-13,16,22-24,26-27,30,34,36H,6,9,14-15,17-21,25,44H2,1-5H3,(H,46,48)/t26-,27-,30-,34+,36-/m0/s1. The van der Waals surface area contributed by atoms with E-state index in [0.717, 1.165) is 18.1 Å². The van der Waals surface area contributed by atoms with E-state index in [9.17, 15) is 14.0 Å². The molecule has 2 aromatic heterocycles. The molecule has 4 aromatic rings. The Balaban J connectivity index is 1.21. The number of amides is 1. The second-order valence-corrected chi connectivity index (χ2v) is 15.9. The number of nitrogens with two attached hydrogens (primary N) is 1. The lowest BCUT2D eigenvalue weighted by atomic mass is 9.45. The first-order valence-corrected chi connectivity index (χ1v) is 19.3. The summed E-state index contributed by atoms with van der Waals surface area (Å²) < 4.78 is 21.7. The number of carbonyl (C=O) groups excluding carboxylic acids is 1. The number of aryl methyl sites for hydroxylation is 1. The SMILES string of the molecule is COc1ccc(CCn2c(-c3cccnc3)nc3cc(NC(=N[C@H]4C[C@@H]5C[C@H]([C@@H]4C)C5(C)C)N4CCN(C(=O)CCCN)[C@@H](C)C4)ccc3c2=O)c(F)c1. The van der Waals surface area contributed by atoms with E-state index in [1.54, 1.807) is 35.2 Å². The van der Waals surface area contributed by atoms with E-state index >= 15 is 0 Å². The molecule has 3 heterocycles. The number of halogens is 1. The van der Waals surface area contributed by atoms with Gasteiger partial charge in [-0.1, -0.05) is 26.8 Å². The first-order valence-electron chi connectivity index (χ1n) is 19.3. The van der Waals surface area contributed by atoms with Crippen molar-refractivity contribution in [2.75, 3.05) is 38.6 Å². The number of piperazine rings is 1. The molecular formula is C42H53FN8O3. The fourth-order valence-electron chi connectivity index (χ4n) is 9.00. The number of ether oxygens (including phenoxy) is 1. The lowest BCUT2D eigenvalue weighted by molar-refractivity contribution is -0.135. The van der Waals surface area contributed by atoms with E-state index in [1.165, 1.54) is 19.6 Å². The highest BCUT2D eigenvalue weighted by Crippen LogP contribution is 2.61. The molecule has 3 aliphatic carbocycles. The van der Waals surface area contributed by atoms with Crippen molar-refractivity contribution in [1.29, 1.82) is 0 Å². The summed E-state index contributed by atoms with van der Waals surface area (Å²) in [6.45, 7) is 11.9. The van der Waals surface area contributed by atoms with Crippen molar-refractivity contribution in [2.24, 2.45) is 33.9 Å². The van der Waals surface area contributed by atoms with E-state index in [4.69, 9.17) is 20.4 Å². The van der Waals surface area contributed by atoms with Crippen LogP contribution >= 0.6 is 0 Å². The van der Waals surface area contributed by atoms with Gasteiger partial charge < -0.3 is 25.6 Å². The van der Waals surface area contributed by atoms with Crippen molar-refractivity contribution >= 4 is 28.5 Å². The summed E-state index contributed by atoms with van der Waals surface area (Å²) in [6, 6.07) is 14.2. The van der Waals surface area contributed by atoms with E-state index in [2.05, 4.69) is 42.9 Å². The molecule has 0 spiro atoms. The number of nitrogens with one attached hydrogen (secondary N) is 1. The third-order valence-corrected chi connectivity index (χ3v) is 12.4. The number of guanidine groups is 1. The van der Waals surface area contributed by atoms with Gasteiger partial charge in [0.15, 0.2) is 5.96 Å². The molecule has 0 radical (unpaired) electrons. The summed E-state index contributed by atoms with van der Waals surface area (Å²) in [5.41, 5.74) is 8.30. The predicted molar refractivity (Wildman–Crippen MR) is 211 cm³/mol. The number of benzene rings is 2. The van der Waals surface area contributed by atoms with Crippen molar-refractivity contribution in [1.82, 2.24) is 24.3 Å². The van der Waals surface area contributed by atoms with Crippen LogP contribution < -0.4 is 21.3 Å². The lowest BCUT2D eigenvalue weighted by Crippen LogP contribution is -2.58. The molecule has 8 rings (SSSR count). The molecule has 4 aliphatic rings. The Bertz CT molecular complexity index is 2090. The summed E-state index contributed by atoms with van der Waals surface area (Å²) in [5.74, 6) is 3.19. The van der Waals surface area contributed by atoms with Crippen LogP contribution in [0.1, 0.15) is 58.9 Å². The molecule has 54 heavy (non-hydrogen) atoms. The summed E-state index contributed by atoms with van der Waals surface area (Å²) in [4.78, 5) is 46.2. The zero-order valence-electron chi connectivity index (χ0n) is 32.1. The normalized spacial score (nSPS) is 23.6. The summed E-state index contributed by atoms with van der Waals surface area (Å²) in [6.07, 6.45) is 7.12. The van der Waals surface area contributed by atoms with Gasteiger partial charge in [-0.25, -0.2) is 14.4 Å². The number of anilines is 1. The van der Waals surface area contributed by atoms with Crippen LogP contribution in [0.4, 0.5) is 10.1 Å². The number of hydrogen-bond donors (Lipinski definition) is 2. The van der Waals surface area contributed by atoms with Crippen LogP contribution in [0, 0.1) is 29.0 Å². The van der Waals surface area contributed by atoms with Crippen LogP contribution in [0.3, 0.4) is 0 Å². The van der Waals surface area contributed by atoms with E-state index in [0.29, 0.717) is 102 Å². The minimum Gasteiger partial charge on any atom is -0.497 e. The highest BCUT2D eigenvalue weighted by molar-refractivity contribution is 5.96. The molecular weight excluding hydrogens is 684 g/mol. The molecule has 1 aliphatic heterocycles. The molecule has 12 heteroatoms. The quantitative estimate of drug-likeness (QED) is 0.151. The van der Waals surface area contributed by atoms with Crippen LogP contribution in [-0.4, -0.2) is 81.6 Å². The highest BCUT2D eigenvalue weighted by atomic mass is 19.1. The Kier molecular flexibility index (Phi) is 10.7. The number of hydrogen-bond acceptors (Lipinski definition) is 7. The topological polar surface area (TPSA) is 131 Å². The highest BCUT2D eigenvalue weighted by Gasteiger charge is 2.56. The van der Waals surface area contributed by atoms with Crippen LogP contribution in [-0.2, 0) is 17.8 Å². The molecule has 3 N–H and O–H groups in total. The van der Waals surface area contributed by atoms with Crippen molar-refractivity contribution < 1.29 is 13.9 Å². The van der Waals surface area contributed by atoms with Gasteiger partial charge in [0.25, 0.3) is 5.56 Å². The lowest BCUT2D eigenvalue weighted by Gasteiger charge is -2.61. The number of methoxy groups -OCH3 is 1. The zero-order valence-corrected chi connectivity index (χ0v) is 32.1. The van der Waals surface area contributed by atoms with Crippen LogP contribution in [0.25, 0.3) is 22.3 Å². The third kappa shape index (κ3) is 7.32. The molecule has 286 valence electrons. The van der Waals surface area contributed by atoms with Gasteiger partial charge >= 0.3 is 0 Å².